The van der Waals surface area contributed by atoms with Crippen LogP contribution in [0.15, 0.2) is 24.3 Å². The van der Waals surface area contributed by atoms with Crippen LogP contribution in [0.25, 0.3) is 0 Å². The van der Waals surface area contributed by atoms with E-state index in [4.69, 9.17) is 5.26 Å². The number of rotatable bonds is 5. The van der Waals surface area contributed by atoms with Gasteiger partial charge in [0, 0.05) is 20.1 Å². The van der Waals surface area contributed by atoms with Crippen LogP contribution in [0, 0.1) is 17.2 Å². The Morgan fingerprint density at radius 1 is 1.52 bits per heavy atom. The first kappa shape index (κ1) is 17.4. The molecule has 0 aliphatic carbocycles. The molecule has 0 aromatic heterocycles. The van der Waals surface area contributed by atoms with E-state index in [1.165, 1.54) is 7.05 Å². The summed E-state index contributed by atoms with van der Waals surface area (Å²) in [7, 11) is -2.61. The van der Waals surface area contributed by atoms with Crippen LogP contribution in [0.2, 0.25) is 0 Å². The largest absolute Gasteiger partial charge is 0.480 e. The second-order valence-electron chi connectivity index (χ2n) is 5.62. The summed E-state index contributed by atoms with van der Waals surface area (Å²) in [6.45, 7) is 1.73. The Hall–Kier alpha value is -1.95. The van der Waals surface area contributed by atoms with Gasteiger partial charge in [-0.2, -0.15) is 22.3 Å². The maximum Gasteiger partial charge on any atom is 0.326 e. The van der Waals surface area contributed by atoms with Crippen molar-refractivity contribution in [1.29, 1.82) is 5.26 Å². The van der Waals surface area contributed by atoms with Crippen molar-refractivity contribution in [1.82, 2.24) is 8.61 Å². The lowest BCUT2D eigenvalue weighted by atomic mass is 9.94. The number of aliphatic carboxylic acids is 1. The molecule has 8 heteroatoms. The number of fused-ring (bicyclic) bond motifs is 1. The average Bonchev–Trinajstić information content (AvgIpc) is 2.53. The van der Waals surface area contributed by atoms with Crippen LogP contribution in [-0.2, 0) is 21.4 Å². The van der Waals surface area contributed by atoms with Crippen molar-refractivity contribution in [2.75, 3.05) is 20.1 Å². The number of nitrogens with zero attached hydrogens (tertiary/aromatic N) is 3. The third-order valence-corrected chi connectivity index (χ3v) is 5.84. The van der Waals surface area contributed by atoms with Crippen LogP contribution >= 0.6 is 0 Å². The van der Waals surface area contributed by atoms with E-state index in [1.807, 2.05) is 18.2 Å². The van der Waals surface area contributed by atoms with E-state index in [9.17, 15) is 18.3 Å². The molecule has 2 atom stereocenters. The molecule has 2 rings (SSSR count). The predicted molar refractivity (Wildman–Crippen MR) is 83.6 cm³/mol. The van der Waals surface area contributed by atoms with E-state index < -0.39 is 28.1 Å². The Morgan fingerprint density at radius 2 is 2.17 bits per heavy atom. The van der Waals surface area contributed by atoms with Crippen LogP contribution in [0.4, 0.5) is 0 Å². The molecule has 124 valence electrons. The lowest BCUT2D eigenvalue weighted by Gasteiger charge is -2.36. The minimum absolute atomic E-state index is 0.0172. The molecule has 7 nitrogen and oxygen atoms in total. The normalized spacial score (nSPS) is 19.8. The third kappa shape index (κ3) is 3.37. The molecule has 0 bridgehead atoms. The van der Waals surface area contributed by atoms with Crippen LogP contribution in [0.5, 0.6) is 0 Å². The molecule has 0 saturated heterocycles. The van der Waals surface area contributed by atoms with E-state index in [-0.39, 0.29) is 13.1 Å². The number of carboxylic acids is 1. The quantitative estimate of drug-likeness (QED) is 0.864. The highest BCUT2D eigenvalue weighted by Gasteiger charge is 2.41. The van der Waals surface area contributed by atoms with Gasteiger partial charge in [0.1, 0.15) is 6.04 Å². The molecule has 0 radical (unpaired) electrons. The topological polar surface area (TPSA) is 102 Å². The predicted octanol–water partition coefficient (Wildman–Crippen LogP) is 1.01. The van der Waals surface area contributed by atoms with Gasteiger partial charge in [-0.1, -0.05) is 24.3 Å². The van der Waals surface area contributed by atoms with Crippen LogP contribution in [0.1, 0.15) is 24.1 Å². The van der Waals surface area contributed by atoms with Gasteiger partial charge in [0.25, 0.3) is 10.2 Å². The fourth-order valence-electron chi connectivity index (χ4n) is 2.75. The standard InChI is InChI=1S/C15H19N3O4S/c1-11(9-16)10-17(2)23(21,22)18-8-7-12-5-3-4-6-13(12)14(18)15(19)20/h3-6,11,14H,7-8,10H2,1-2H3,(H,19,20). The molecule has 0 saturated carbocycles. The molecule has 1 aliphatic heterocycles. The molecule has 0 amide bonds. The number of carboxylic acid groups (broad SMARTS) is 1. The highest BCUT2D eigenvalue weighted by Crippen LogP contribution is 2.32. The second-order valence-corrected chi connectivity index (χ2v) is 7.61. The molecular weight excluding hydrogens is 318 g/mol. The number of hydrogen-bond acceptors (Lipinski definition) is 4. The zero-order chi connectivity index (χ0) is 17.2. The number of benzene rings is 1. The van der Waals surface area contributed by atoms with Crippen molar-refractivity contribution in [2.24, 2.45) is 5.92 Å². The van der Waals surface area contributed by atoms with Gasteiger partial charge < -0.3 is 5.11 Å². The minimum atomic E-state index is -3.97. The summed E-state index contributed by atoms with van der Waals surface area (Å²) in [6.07, 6.45) is 0.459. The zero-order valence-corrected chi connectivity index (χ0v) is 13.8. The molecular formula is C15H19N3O4S. The van der Waals surface area contributed by atoms with Gasteiger partial charge in [0.15, 0.2) is 0 Å². The zero-order valence-electron chi connectivity index (χ0n) is 13.0. The first-order chi connectivity index (χ1) is 10.8. The first-order valence-electron chi connectivity index (χ1n) is 7.22. The van der Waals surface area contributed by atoms with E-state index in [0.717, 1.165) is 14.2 Å². The highest BCUT2D eigenvalue weighted by molar-refractivity contribution is 7.86. The summed E-state index contributed by atoms with van der Waals surface area (Å²) < 4.78 is 27.5. The smallest absolute Gasteiger partial charge is 0.326 e. The summed E-state index contributed by atoms with van der Waals surface area (Å²) in [4.78, 5) is 11.7. The minimum Gasteiger partial charge on any atom is -0.480 e. The summed E-state index contributed by atoms with van der Waals surface area (Å²) in [6, 6.07) is 7.71. The molecule has 1 aliphatic rings. The highest BCUT2D eigenvalue weighted by atomic mass is 32.2. The van der Waals surface area contributed by atoms with E-state index >= 15 is 0 Å². The molecule has 1 aromatic carbocycles. The van der Waals surface area contributed by atoms with Crippen molar-refractivity contribution >= 4 is 16.2 Å². The average molecular weight is 337 g/mol. The van der Waals surface area contributed by atoms with Crippen molar-refractivity contribution < 1.29 is 18.3 Å². The fraction of sp³-hybridized carbons (Fsp3) is 0.467. The molecule has 0 spiro atoms. The fourth-order valence-corrected chi connectivity index (χ4v) is 4.31. The van der Waals surface area contributed by atoms with Crippen LogP contribution in [-0.4, -0.2) is 48.2 Å². The number of carbonyl (C=O) groups is 1. The third-order valence-electron chi connectivity index (χ3n) is 3.91. The van der Waals surface area contributed by atoms with Gasteiger partial charge in [0.2, 0.25) is 0 Å². The van der Waals surface area contributed by atoms with E-state index in [0.29, 0.717) is 12.0 Å². The number of hydrogen-bond donors (Lipinski definition) is 1. The molecule has 23 heavy (non-hydrogen) atoms. The van der Waals surface area contributed by atoms with Gasteiger partial charge in [-0.05, 0) is 24.5 Å². The SMILES string of the molecule is CC(C#N)CN(C)S(=O)(=O)N1CCc2ccccc2C1C(=O)O. The molecule has 0 fully saturated rings. The molecule has 2 unspecified atom stereocenters. The summed E-state index contributed by atoms with van der Waals surface area (Å²) in [5, 5.41) is 18.4. The molecule has 1 N–H and O–H groups in total. The Balaban J connectivity index is 2.39. The van der Waals surface area contributed by atoms with Gasteiger partial charge in [-0.15, -0.1) is 0 Å². The van der Waals surface area contributed by atoms with Crippen LogP contribution < -0.4 is 0 Å². The van der Waals surface area contributed by atoms with Gasteiger partial charge in [0.05, 0.1) is 12.0 Å². The maximum absolute atomic E-state index is 12.7. The first-order valence-corrected chi connectivity index (χ1v) is 8.62. The summed E-state index contributed by atoms with van der Waals surface area (Å²) in [5.41, 5.74) is 1.34. The lowest BCUT2D eigenvalue weighted by Crippen LogP contribution is -2.49. The van der Waals surface area contributed by atoms with Crippen molar-refractivity contribution in [3.05, 3.63) is 35.4 Å². The maximum atomic E-state index is 12.7. The second kappa shape index (κ2) is 6.66. The Bertz CT molecular complexity index is 741. The molecule has 1 aromatic rings. The van der Waals surface area contributed by atoms with Crippen molar-refractivity contribution in [3.8, 4) is 6.07 Å². The lowest BCUT2D eigenvalue weighted by molar-refractivity contribution is -0.142. The van der Waals surface area contributed by atoms with Gasteiger partial charge in [-0.25, -0.2) is 0 Å². The Labute approximate surface area is 135 Å². The summed E-state index contributed by atoms with van der Waals surface area (Å²) in [5.74, 6) is -1.68. The monoisotopic (exact) mass is 337 g/mol. The molecule has 1 heterocycles. The summed E-state index contributed by atoms with van der Waals surface area (Å²) >= 11 is 0. The van der Waals surface area contributed by atoms with Gasteiger partial charge in [-0.3, -0.25) is 4.79 Å². The number of nitriles is 1. The van der Waals surface area contributed by atoms with E-state index in [2.05, 4.69) is 0 Å². The van der Waals surface area contributed by atoms with Crippen molar-refractivity contribution in [2.45, 2.75) is 19.4 Å². The Kier molecular flexibility index (Phi) is 5.04. The van der Waals surface area contributed by atoms with E-state index in [1.54, 1.807) is 19.1 Å². The van der Waals surface area contributed by atoms with Crippen molar-refractivity contribution in [3.63, 3.8) is 0 Å². The van der Waals surface area contributed by atoms with Gasteiger partial charge >= 0.3 is 5.97 Å². The van der Waals surface area contributed by atoms with Crippen LogP contribution in [0.3, 0.4) is 0 Å². The Morgan fingerprint density at radius 3 is 2.78 bits per heavy atom.